The van der Waals surface area contributed by atoms with Crippen molar-refractivity contribution >= 4 is 5.78 Å². The van der Waals surface area contributed by atoms with Crippen LogP contribution in [0, 0.1) is 5.92 Å². The molecule has 0 radical (unpaired) electrons. The summed E-state index contributed by atoms with van der Waals surface area (Å²) in [7, 11) is 0. The smallest absolute Gasteiger partial charge is 0.162 e. The number of piperidine rings is 1. The Morgan fingerprint density at radius 3 is 2.84 bits per heavy atom. The Bertz CT molecular complexity index is 407. The largest absolute Gasteiger partial charge is 0.317 e. The third-order valence-corrected chi connectivity index (χ3v) is 4.03. The Balaban J connectivity index is 1.86. The van der Waals surface area contributed by atoms with Gasteiger partial charge in [-0.2, -0.15) is 0 Å². The lowest BCUT2D eigenvalue weighted by Gasteiger charge is -2.22. The van der Waals surface area contributed by atoms with E-state index in [-0.39, 0.29) is 0 Å². The Morgan fingerprint density at radius 2 is 2.11 bits per heavy atom. The van der Waals surface area contributed by atoms with Gasteiger partial charge in [-0.15, -0.1) is 0 Å². The van der Waals surface area contributed by atoms with Crippen LogP contribution in [-0.4, -0.2) is 18.9 Å². The molecule has 1 saturated heterocycles. The molecule has 104 valence electrons. The standard InChI is InChI=1S/C17H25NO/c1-2-4-15-5-3-6-16(13-15)17(19)8-7-14-9-11-18-12-10-14/h3,5-6,13-14,18H,2,4,7-12H2,1H3. The first-order chi connectivity index (χ1) is 9.29. The lowest BCUT2D eigenvalue weighted by molar-refractivity contribution is 0.0970. The molecule has 1 N–H and O–H groups in total. The monoisotopic (exact) mass is 259 g/mol. The van der Waals surface area contributed by atoms with Gasteiger partial charge in [0.15, 0.2) is 5.78 Å². The molecule has 0 bridgehead atoms. The van der Waals surface area contributed by atoms with E-state index in [4.69, 9.17) is 0 Å². The summed E-state index contributed by atoms with van der Waals surface area (Å²) < 4.78 is 0. The van der Waals surface area contributed by atoms with Crippen LogP contribution in [-0.2, 0) is 6.42 Å². The van der Waals surface area contributed by atoms with Crippen molar-refractivity contribution in [2.45, 2.75) is 45.4 Å². The van der Waals surface area contributed by atoms with Gasteiger partial charge >= 0.3 is 0 Å². The van der Waals surface area contributed by atoms with E-state index in [0.717, 1.165) is 43.8 Å². The average Bonchev–Trinajstić information content (AvgIpc) is 2.46. The number of rotatable bonds is 6. The topological polar surface area (TPSA) is 29.1 Å². The molecule has 1 aromatic rings. The number of benzene rings is 1. The molecular weight excluding hydrogens is 234 g/mol. The van der Waals surface area contributed by atoms with E-state index in [1.807, 2.05) is 12.1 Å². The first-order valence-electron chi connectivity index (χ1n) is 7.62. The van der Waals surface area contributed by atoms with Gasteiger partial charge in [0, 0.05) is 12.0 Å². The predicted molar refractivity (Wildman–Crippen MR) is 79.6 cm³/mol. The molecule has 0 aliphatic carbocycles. The highest BCUT2D eigenvalue weighted by molar-refractivity contribution is 5.96. The van der Waals surface area contributed by atoms with E-state index < -0.39 is 0 Å². The normalized spacial score (nSPS) is 16.5. The number of hydrogen-bond acceptors (Lipinski definition) is 2. The SMILES string of the molecule is CCCc1cccc(C(=O)CCC2CCNCC2)c1. The van der Waals surface area contributed by atoms with Crippen molar-refractivity contribution in [3.05, 3.63) is 35.4 Å². The number of carbonyl (C=O) groups excluding carboxylic acids is 1. The zero-order valence-corrected chi connectivity index (χ0v) is 12.0. The van der Waals surface area contributed by atoms with Crippen LogP contribution < -0.4 is 5.32 Å². The number of hydrogen-bond donors (Lipinski definition) is 1. The lowest BCUT2D eigenvalue weighted by atomic mass is 9.91. The highest BCUT2D eigenvalue weighted by atomic mass is 16.1. The average molecular weight is 259 g/mol. The van der Waals surface area contributed by atoms with Crippen LogP contribution in [0.25, 0.3) is 0 Å². The van der Waals surface area contributed by atoms with Crippen LogP contribution in [0.3, 0.4) is 0 Å². The van der Waals surface area contributed by atoms with Crippen LogP contribution in [0.5, 0.6) is 0 Å². The Labute approximate surface area is 116 Å². The molecule has 0 spiro atoms. The van der Waals surface area contributed by atoms with Crippen molar-refractivity contribution in [3.8, 4) is 0 Å². The van der Waals surface area contributed by atoms with Gasteiger partial charge in [-0.1, -0.05) is 31.5 Å². The lowest BCUT2D eigenvalue weighted by Crippen LogP contribution is -2.28. The molecule has 0 atom stereocenters. The quantitative estimate of drug-likeness (QED) is 0.791. The number of carbonyl (C=O) groups is 1. The fourth-order valence-electron chi connectivity index (χ4n) is 2.84. The number of ketones is 1. The summed E-state index contributed by atoms with van der Waals surface area (Å²) in [6.45, 7) is 4.40. The Hall–Kier alpha value is -1.15. The van der Waals surface area contributed by atoms with E-state index in [2.05, 4.69) is 24.4 Å². The zero-order valence-electron chi connectivity index (χ0n) is 12.0. The predicted octanol–water partition coefficient (Wildman–Crippen LogP) is 3.60. The van der Waals surface area contributed by atoms with Crippen molar-refractivity contribution in [2.24, 2.45) is 5.92 Å². The maximum Gasteiger partial charge on any atom is 0.162 e. The fourth-order valence-corrected chi connectivity index (χ4v) is 2.84. The van der Waals surface area contributed by atoms with Crippen LogP contribution in [0.4, 0.5) is 0 Å². The van der Waals surface area contributed by atoms with Gasteiger partial charge in [-0.25, -0.2) is 0 Å². The summed E-state index contributed by atoms with van der Waals surface area (Å²) in [5, 5.41) is 3.37. The van der Waals surface area contributed by atoms with Gasteiger partial charge in [0.25, 0.3) is 0 Å². The molecule has 0 saturated carbocycles. The van der Waals surface area contributed by atoms with E-state index in [9.17, 15) is 4.79 Å². The fraction of sp³-hybridized carbons (Fsp3) is 0.588. The van der Waals surface area contributed by atoms with Gasteiger partial charge in [-0.05, 0) is 56.3 Å². The van der Waals surface area contributed by atoms with Crippen molar-refractivity contribution < 1.29 is 4.79 Å². The minimum Gasteiger partial charge on any atom is -0.317 e. The van der Waals surface area contributed by atoms with Crippen molar-refractivity contribution in [3.63, 3.8) is 0 Å². The minimum atomic E-state index is 0.316. The molecule has 0 amide bonds. The molecule has 1 fully saturated rings. The molecule has 1 aliphatic heterocycles. The first kappa shape index (κ1) is 14.3. The van der Waals surface area contributed by atoms with Crippen molar-refractivity contribution in [1.29, 1.82) is 0 Å². The van der Waals surface area contributed by atoms with Crippen LogP contribution >= 0.6 is 0 Å². The molecule has 1 aromatic carbocycles. The van der Waals surface area contributed by atoms with E-state index in [1.165, 1.54) is 18.4 Å². The summed E-state index contributed by atoms with van der Waals surface area (Å²) in [5.41, 5.74) is 2.19. The van der Waals surface area contributed by atoms with Crippen molar-refractivity contribution in [1.82, 2.24) is 5.32 Å². The minimum absolute atomic E-state index is 0.316. The summed E-state index contributed by atoms with van der Waals surface area (Å²) in [6, 6.07) is 8.17. The highest BCUT2D eigenvalue weighted by Crippen LogP contribution is 2.19. The maximum absolute atomic E-state index is 12.2. The van der Waals surface area contributed by atoms with Gasteiger partial charge < -0.3 is 5.32 Å². The molecule has 2 rings (SSSR count). The zero-order chi connectivity index (χ0) is 13.5. The molecule has 1 heterocycles. The molecule has 0 unspecified atom stereocenters. The van der Waals surface area contributed by atoms with Crippen molar-refractivity contribution in [2.75, 3.05) is 13.1 Å². The van der Waals surface area contributed by atoms with Crippen LogP contribution in [0.2, 0.25) is 0 Å². The molecule has 19 heavy (non-hydrogen) atoms. The van der Waals surface area contributed by atoms with E-state index in [1.54, 1.807) is 0 Å². The second kappa shape index (κ2) is 7.44. The number of nitrogens with one attached hydrogen (secondary N) is 1. The van der Waals surface area contributed by atoms with Gasteiger partial charge in [-0.3, -0.25) is 4.79 Å². The molecule has 2 nitrogen and oxygen atoms in total. The molecule has 1 aliphatic rings. The Morgan fingerprint density at radius 1 is 1.32 bits per heavy atom. The van der Waals surface area contributed by atoms with Crippen LogP contribution in [0.15, 0.2) is 24.3 Å². The molecule has 2 heteroatoms. The van der Waals surface area contributed by atoms with E-state index in [0.29, 0.717) is 12.2 Å². The van der Waals surface area contributed by atoms with Gasteiger partial charge in [0.2, 0.25) is 0 Å². The summed E-state index contributed by atoms with van der Waals surface area (Å²) in [4.78, 5) is 12.2. The number of aryl methyl sites for hydroxylation is 1. The van der Waals surface area contributed by atoms with Gasteiger partial charge in [0.1, 0.15) is 0 Å². The second-order valence-electron chi connectivity index (χ2n) is 5.61. The molecular formula is C17H25NO. The molecule has 0 aromatic heterocycles. The van der Waals surface area contributed by atoms with Gasteiger partial charge in [0.05, 0.1) is 0 Å². The number of Topliss-reactive ketones (excluding diaryl/α,β-unsaturated/α-hetero) is 1. The van der Waals surface area contributed by atoms with Crippen LogP contribution in [0.1, 0.15) is 54.9 Å². The first-order valence-corrected chi connectivity index (χ1v) is 7.62. The third-order valence-electron chi connectivity index (χ3n) is 4.03. The Kier molecular flexibility index (Phi) is 5.59. The maximum atomic E-state index is 12.2. The second-order valence-corrected chi connectivity index (χ2v) is 5.61. The summed E-state index contributed by atoms with van der Waals surface area (Å²) in [6.07, 6.45) is 6.41. The summed E-state index contributed by atoms with van der Waals surface area (Å²) in [5.74, 6) is 1.06. The summed E-state index contributed by atoms with van der Waals surface area (Å²) >= 11 is 0. The van der Waals surface area contributed by atoms with E-state index >= 15 is 0 Å². The highest BCUT2D eigenvalue weighted by Gasteiger charge is 2.15. The third kappa shape index (κ3) is 4.46.